The van der Waals surface area contributed by atoms with Gasteiger partial charge in [0.1, 0.15) is 0 Å². The minimum absolute atomic E-state index is 0.616. The van der Waals surface area contributed by atoms with Crippen molar-refractivity contribution in [3.05, 3.63) is 29.8 Å². The van der Waals surface area contributed by atoms with E-state index in [0.717, 1.165) is 32.4 Å². The molecule has 0 fully saturated rings. The van der Waals surface area contributed by atoms with E-state index in [1.807, 2.05) is 0 Å². The summed E-state index contributed by atoms with van der Waals surface area (Å²) in [5.41, 5.74) is 2.14. The zero-order valence-electron chi connectivity index (χ0n) is 11.9. The standard InChI is InChI=1S/C16H23NO2/c1-16(2,15(18)19)10-6-12-17-11-5-8-13-7-3-4-9-14(13)17/h3-4,7,9H,5-6,8,10-12H2,1-2H3,(H,18,19). The van der Waals surface area contributed by atoms with E-state index < -0.39 is 11.4 Å². The summed E-state index contributed by atoms with van der Waals surface area (Å²) in [5, 5.41) is 9.12. The van der Waals surface area contributed by atoms with Gasteiger partial charge in [-0.2, -0.15) is 0 Å². The highest BCUT2D eigenvalue weighted by Crippen LogP contribution is 2.28. The fraction of sp³-hybridized carbons (Fsp3) is 0.562. The molecule has 104 valence electrons. The Labute approximate surface area is 115 Å². The summed E-state index contributed by atoms with van der Waals surface area (Å²) >= 11 is 0. The number of benzene rings is 1. The Morgan fingerprint density at radius 3 is 2.84 bits per heavy atom. The van der Waals surface area contributed by atoms with E-state index in [-0.39, 0.29) is 0 Å². The summed E-state index contributed by atoms with van der Waals surface area (Å²) in [4.78, 5) is 13.5. The number of aliphatic carboxylic acids is 1. The maximum atomic E-state index is 11.1. The van der Waals surface area contributed by atoms with Crippen LogP contribution in [-0.4, -0.2) is 24.2 Å². The Morgan fingerprint density at radius 2 is 2.11 bits per heavy atom. The van der Waals surface area contributed by atoms with Crippen LogP contribution in [0.15, 0.2) is 24.3 Å². The zero-order valence-corrected chi connectivity index (χ0v) is 11.9. The summed E-state index contributed by atoms with van der Waals surface area (Å²) in [6, 6.07) is 8.55. The molecule has 19 heavy (non-hydrogen) atoms. The molecule has 0 saturated carbocycles. The topological polar surface area (TPSA) is 40.5 Å². The fourth-order valence-electron chi connectivity index (χ4n) is 2.66. The molecule has 0 radical (unpaired) electrons. The van der Waals surface area contributed by atoms with Crippen molar-refractivity contribution in [2.75, 3.05) is 18.0 Å². The Hall–Kier alpha value is -1.51. The Morgan fingerprint density at radius 1 is 1.37 bits per heavy atom. The zero-order chi connectivity index (χ0) is 13.9. The van der Waals surface area contributed by atoms with Crippen molar-refractivity contribution >= 4 is 11.7 Å². The highest BCUT2D eigenvalue weighted by Gasteiger charge is 2.26. The SMILES string of the molecule is CC(C)(CCCN1CCCc2ccccc21)C(=O)O. The van der Waals surface area contributed by atoms with Crippen LogP contribution in [0.2, 0.25) is 0 Å². The molecule has 3 nitrogen and oxygen atoms in total. The first-order chi connectivity index (χ1) is 9.00. The van der Waals surface area contributed by atoms with Crippen molar-refractivity contribution in [1.82, 2.24) is 0 Å². The molecule has 0 aliphatic carbocycles. The normalized spacial score (nSPS) is 15.2. The van der Waals surface area contributed by atoms with Gasteiger partial charge in [-0.3, -0.25) is 4.79 Å². The second-order valence-corrected chi connectivity index (χ2v) is 6.01. The van der Waals surface area contributed by atoms with Crippen LogP contribution in [0.5, 0.6) is 0 Å². The van der Waals surface area contributed by atoms with Crippen LogP contribution in [0.3, 0.4) is 0 Å². The smallest absolute Gasteiger partial charge is 0.309 e. The predicted octanol–water partition coefficient (Wildman–Crippen LogP) is 3.33. The number of para-hydroxylation sites is 1. The van der Waals surface area contributed by atoms with E-state index in [0.29, 0.717) is 0 Å². The third-order valence-electron chi connectivity index (χ3n) is 4.02. The van der Waals surface area contributed by atoms with Crippen molar-refractivity contribution in [2.24, 2.45) is 5.41 Å². The van der Waals surface area contributed by atoms with E-state index in [4.69, 9.17) is 5.11 Å². The first kappa shape index (κ1) is 13.9. The molecule has 1 N–H and O–H groups in total. The number of hydrogen-bond donors (Lipinski definition) is 1. The van der Waals surface area contributed by atoms with Gasteiger partial charge in [0.2, 0.25) is 0 Å². The van der Waals surface area contributed by atoms with E-state index >= 15 is 0 Å². The molecule has 3 heteroatoms. The third kappa shape index (κ3) is 3.28. The highest BCUT2D eigenvalue weighted by atomic mass is 16.4. The molecular formula is C16H23NO2. The van der Waals surface area contributed by atoms with Crippen molar-refractivity contribution in [1.29, 1.82) is 0 Å². The van der Waals surface area contributed by atoms with Crippen LogP contribution >= 0.6 is 0 Å². The van der Waals surface area contributed by atoms with Gasteiger partial charge in [-0.15, -0.1) is 0 Å². The molecule has 2 rings (SSSR count). The summed E-state index contributed by atoms with van der Waals surface area (Å²) in [6.45, 7) is 5.65. The average Bonchev–Trinajstić information content (AvgIpc) is 2.38. The molecule has 1 aliphatic rings. The van der Waals surface area contributed by atoms with Gasteiger partial charge in [-0.05, 0) is 51.2 Å². The number of rotatable bonds is 5. The first-order valence-corrected chi connectivity index (χ1v) is 7.07. The van der Waals surface area contributed by atoms with Crippen LogP contribution in [0.1, 0.15) is 38.7 Å². The number of anilines is 1. The summed E-state index contributed by atoms with van der Waals surface area (Å²) in [6.07, 6.45) is 4.00. The van der Waals surface area contributed by atoms with Crippen LogP contribution in [0, 0.1) is 5.41 Å². The molecule has 0 atom stereocenters. The number of aryl methyl sites for hydroxylation is 1. The summed E-state index contributed by atoms with van der Waals surface area (Å²) in [5.74, 6) is -0.702. The lowest BCUT2D eigenvalue weighted by molar-refractivity contribution is -0.147. The molecule has 0 amide bonds. The number of hydrogen-bond acceptors (Lipinski definition) is 2. The Bertz CT molecular complexity index is 454. The molecule has 0 bridgehead atoms. The molecule has 1 heterocycles. The molecule has 0 spiro atoms. The van der Waals surface area contributed by atoms with Gasteiger partial charge in [-0.1, -0.05) is 18.2 Å². The van der Waals surface area contributed by atoms with Crippen LogP contribution < -0.4 is 4.90 Å². The second kappa shape index (κ2) is 5.64. The van der Waals surface area contributed by atoms with Crippen LogP contribution in [0.25, 0.3) is 0 Å². The lowest BCUT2D eigenvalue weighted by Crippen LogP contribution is -2.32. The van der Waals surface area contributed by atoms with Crippen molar-refractivity contribution in [2.45, 2.75) is 39.5 Å². The van der Waals surface area contributed by atoms with Crippen molar-refractivity contribution in [3.63, 3.8) is 0 Å². The maximum Gasteiger partial charge on any atom is 0.309 e. The molecule has 0 aromatic heterocycles. The first-order valence-electron chi connectivity index (χ1n) is 7.07. The van der Waals surface area contributed by atoms with E-state index in [1.54, 1.807) is 13.8 Å². The van der Waals surface area contributed by atoms with Gasteiger partial charge in [0.15, 0.2) is 0 Å². The van der Waals surface area contributed by atoms with E-state index in [9.17, 15) is 4.79 Å². The minimum atomic E-state index is -0.702. The Balaban J connectivity index is 1.93. The van der Waals surface area contributed by atoms with Crippen LogP contribution in [-0.2, 0) is 11.2 Å². The molecule has 0 saturated heterocycles. The molecule has 1 aromatic rings. The quantitative estimate of drug-likeness (QED) is 0.883. The molecular weight excluding hydrogens is 238 g/mol. The van der Waals surface area contributed by atoms with Gasteiger partial charge in [0, 0.05) is 18.8 Å². The summed E-state index contributed by atoms with van der Waals surface area (Å²) < 4.78 is 0. The lowest BCUT2D eigenvalue weighted by atomic mass is 9.88. The highest BCUT2D eigenvalue weighted by molar-refractivity contribution is 5.73. The number of carboxylic acid groups (broad SMARTS) is 1. The molecule has 1 aliphatic heterocycles. The number of carboxylic acids is 1. The number of fused-ring (bicyclic) bond motifs is 1. The lowest BCUT2D eigenvalue weighted by Gasteiger charge is -2.32. The summed E-state index contributed by atoms with van der Waals surface area (Å²) in [7, 11) is 0. The van der Waals surface area contributed by atoms with Gasteiger partial charge < -0.3 is 10.0 Å². The fourth-order valence-corrected chi connectivity index (χ4v) is 2.66. The third-order valence-corrected chi connectivity index (χ3v) is 4.02. The van der Waals surface area contributed by atoms with E-state index in [2.05, 4.69) is 29.2 Å². The largest absolute Gasteiger partial charge is 0.481 e. The van der Waals surface area contributed by atoms with Gasteiger partial charge in [0.25, 0.3) is 0 Å². The Kier molecular flexibility index (Phi) is 4.13. The second-order valence-electron chi connectivity index (χ2n) is 6.01. The van der Waals surface area contributed by atoms with Crippen LogP contribution in [0.4, 0.5) is 5.69 Å². The monoisotopic (exact) mass is 261 g/mol. The van der Waals surface area contributed by atoms with E-state index in [1.165, 1.54) is 17.7 Å². The molecule has 0 unspecified atom stereocenters. The van der Waals surface area contributed by atoms with Crippen molar-refractivity contribution in [3.8, 4) is 0 Å². The average molecular weight is 261 g/mol. The predicted molar refractivity (Wildman–Crippen MR) is 77.6 cm³/mol. The minimum Gasteiger partial charge on any atom is -0.481 e. The maximum absolute atomic E-state index is 11.1. The van der Waals surface area contributed by atoms with Gasteiger partial charge in [0.05, 0.1) is 5.41 Å². The number of nitrogens with zero attached hydrogens (tertiary/aromatic N) is 1. The molecule has 1 aromatic carbocycles. The van der Waals surface area contributed by atoms with Crippen molar-refractivity contribution < 1.29 is 9.90 Å². The van der Waals surface area contributed by atoms with Gasteiger partial charge >= 0.3 is 5.97 Å². The number of carbonyl (C=O) groups is 1. The van der Waals surface area contributed by atoms with Gasteiger partial charge in [-0.25, -0.2) is 0 Å².